The van der Waals surface area contributed by atoms with E-state index in [0.717, 1.165) is 6.07 Å². The molecule has 1 rings (SSSR count). The Bertz CT molecular complexity index is 342. The molecule has 0 aromatic carbocycles. The number of pyridine rings is 1. The highest BCUT2D eigenvalue weighted by molar-refractivity contribution is 5.89. The van der Waals surface area contributed by atoms with Crippen LogP contribution in [-0.2, 0) is 11.2 Å². The molecule has 0 saturated heterocycles. The topological polar surface area (TPSA) is 65.2 Å². The summed E-state index contributed by atoms with van der Waals surface area (Å²) in [4.78, 5) is 14.7. The van der Waals surface area contributed by atoms with E-state index >= 15 is 0 Å². The summed E-state index contributed by atoms with van der Waals surface area (Å²) in [5, 5.41) is 0. The van der Waals surface area contributed by atoms with Gasteiger partial charge < -0.3 is 10.5 Å². The number of aromatic nitrogens is 1. The monoisotopic (exact) mass is 198 g/mol. The van der Waals surface area contributed by atoms with Gasteiger partial charge >= 0.3 is 5.97 Å². The maximum Gasteiger partial charge on any atom is 0.338 e. The summed E-state index contributed by atoms with van der Waals surface area (Å²) < 4.78 is 17.3. The number of carbonyl (C=O) groups is 1. The minimum absolute atomic E-state index is 0.156. The lowest BCUT2D eigenvalue weighted by molar-refractivity contribution is 0.0599. The molecule has 1 heterocycles. The molecule has 0 aliphatic heterocycles. The molecule has 0 fully saturated rings. The zero-order valence-electron chi connectivity index (χ0n) is 7.79. The van der Waals surface area contributed by atoms with Gasteiger partial charge in [-0.3, -0.25) is 0 Å². The van der Waals surface area contributed by atoms with Gasteiger partial charge in [0.25, 0.3) is 0 Å². The van der Waals surface area contributed by atoms with E-state index in [9.17, 15) is 9.18 Å². The van der Waals surface area contributed by atoms with Crippen molar-refractivity contribution in [3.63, 3.8) is 0 Å². The number of carbonyl (C=O) groups excluding carboxylic acids is 1. The largest absolute Gasteiger partial charge is 0.465 e. The van der Waals surface area contributed by atoms with Crippen LogP contribution in [0.15, 0.2) is 12.1 Å². The predicted molar refractivity (Wildman–Crippen MR) is 48.3 cm³/mol. The van der Waals surface area contributed by atoms with Gasteiger partial charge in [0, 0.05) is 18.2 Å². The summed E-state index contributed by atoms with van der Waals surface area (Å²) in [6.07, 6.45) is 0.432. The number of hydrogen-bond donors (Lipinski definition) is 1. The standard InChI is InChI=1S/C9H11FN2O2/c1-14-9(13)6-4-7(2-3-11)12-8(10)5-6/h4-5H,2-3,11H2,1H3. The van der Waals surface area contributed by atoms with Crippen LogP contribution in [0.2, 0.25) is 0 Å². The lowest BCUT2D eigenvalue weighted by Crippen LogP contribution is -2.08. The minimum Gasteiger partial charge on any atom is -0.465 e. The smallest absolute Gasteiger partial charge is 0.338 e. The third-order valence-electron chi connectivity index (χ3n) is 1.67. The molecule has 4 nitrogen and oxygen atoms in total. The fraction of sp³-hybridized carbons (Fsp3) is 0.333. The average Bonchev–Trinajstić information content (AvgIpc) is 2.16. The van der Waals surface area contributed by atoms with Gasteiger partial charge in [0.15, 0.2) is 0 Å². The molecule has 0 spiro atoms. The Morgan fingerprint density at radius 3 is 2.93 bits per heavy atom. The highest BCUT2D eigenvalue weighted by Crippen LogP contribution is 2.06. The third-order valence-corrected chi connectivity index (χ3v) is 1.67. The SMILES string of the molecule is COC(=O)c1cc(F)nc(CCN)c1. The summed E-state index contributed by atoms with van der Waals surface area (Å²) in [5.41, 5.74) is 5.90. The van der Waals surface area contributed by atoms with Crippen LogP contribution in [0.4, 0.5) is 4.39 Å². The van der Waals surface area contributed by atoms with Gasteiger partial charge in [0.05, 0.1) is 12.7 Å². The Morgan fingerprint density at radius 1 is 1.64 bits per heavy atom. The van der Waals surface area contributed by atoms with Crippen LogP contribution < -0.4 is 5.73 Å². The zero-order chi connectivity index (χ0) is 10.6. The quantitative estimate of drug-likeness (QED) is 0.567. The Labute approximate surface area is 80.9 Å². The van der Waals surface area contributed by atoms with Crippen molar-refractivity contribution in [3.8, 4) is 0 Å². The molecule has 0 radical (unpaired) electrons. The van der Waals surface area contributed by atoms with Crippen LogP contribution in [0.25, 0.3) is 0 Å². The molecule has 1 aromatic rings. The molecule has 0 unspecified atom stereocenters. The first-order chi connectivity index (χ1) is 6.67. The molecule has 1 aromatic heterocycles. The molecule has 0 aliphatic rings. The van der Waals surface area contributed by atoms with Crippen molar-refractivity contribution in [2.45, 2.75) is 6.42 Å². The number of esters is 1. The van der Waals surface area contributed by atoms with Gasteiger partial charge in [-0.1, -0.05) is 0 Å². The summed E-state index contributed by atoms with van der Waals surface area (Å²) >= 11 is 0. The van der Waals surface area contributed by atoms with Crippen LogP contribution in [0.5, 0.6) is 0 Å². The second-order valence-corrected chi connectivity index (χ2v) is 2.70. The molecular formula is C9H11FN2O2. The number of methoxy groups -OCH3 is 1. The van der Waals surface area contributed by atoms with Crippen LogP contribution in [-0.4, -0.2) is 24.6 Å². The van der Waals surface area contributed by atoms with E-state index in [-0.39, 0.29) is 5.56 Å². The Morgan fingerprint density at radius 2 is 2.36 bits per heavy atom. The normalized spacial score (nSPS) is 9.93. The third kappa shape index (κ3) is 2.50. The van der Waals surface area contributed by atoms with E-state index < -0.39 is 11.9 Å². The summed E-state index contributed by atoms with van der Waals surface area (Å²) in [6, 6.07) is 2.51. The van der Waals surface area contributed by atoms with Crippen LogP contribution >= 0.6 is 0 Å². The van der Waals surface area contributed by atoms with Crippen molar-refractivity contribution in [1.82, 2.24) is 4.98 Å². The Kier molecular flexibility index (Phi) is 3.53. The van der Waals surface area contributed by atoms with Gasteiger partial charge in [-0.25, -0.2) is 9.78 Å². The van der Waals surface area contributed by atoms with Crippen molar-refractivity contribution >= 4 is 5.97 Å². The van der Waals surface area contributed by atoms with E-state index in [4.69, 9.17) is 5.73 Å². The zero-order valence-corrected chi connectivity index (χ0v) is 7.79. The maximum absolute atomic E-state index is 12.9. The lowest BCUT2D eigenvalue weighted by Gasteiger charge is -2.02. The summed E-state index contributed by atoms with van der Waals surface area (Å²) in [7, 11) is 1.24. The summed E-state index contributed by atoms with van der Waals surface area (Å²) in [5.74, 6) is -1.28. The first kappa shape index (κ1) is 10.6. The highest BCUT2D eigenvalue weighted by Gasteiger charge is 2.09. The fourth-order valence-corrected chi connectivity index (χ4v) is 1.06. The Hall–Kier alpha value is -1.49. The van der Waals surface area contributed by atoms with E-state index in [1.807, 2.05) is 0 Å². The molecular weight excluding hydrogens is 187 g/mol. The van der Waals surface area contributed by atoms with E-state index in [0.29, 0.717) is 18.7 Å². The molecule has 0 saturated carbocycles. The van der Waals surface area contributed by atoms with Crippen LogP contribution in [0.3, 0.4) is 0 Å². The van der Waals surface area contributed by atoms with Crippen LogP contribution in [0, 0.1) is 5.95 Å². The average molecular weight is 198 g/mol. The van der Waals surface area contributed by atoms with Crippen molar-refractivity contribution in [2.75, 3.05) is 13.7 Å². The first-order valence-corrected chi connectivity index (χ1v) is 4.12. The van der Waals surface area contributed by atoms with Gasteiger partial charge in [0.1, 0.15) is 0 Å². The molecule has 2 N–H and O–H groups in total. The second-order valence-electron chi connectivity index (χ2n) is 2.70. The molecule has 5 heteroatoms. The molecule has 0 atom stereocenters. The van der Waals surface area contributed by atoms with Gasteiger partial charge in [-0.2, -0.15) is 4.39 Å². The molecule has 14 heavy (non-hydrogen) atoms. The van der Waals surface area contributed by atoms with E-state index in [1.54, 1.807) is 0 Å². The predicted octanol–water partition coefficient (Wildman–Crippen LogP) is 0.509. The number of nitrogens with zero attached hydrogens (tertiary/aromatic N) is 1. The van der Waals surface area contributed by atoms with E-state index in [1.165, 1.54) is 13.2 Å². The number of hydrogen-bond acceptors (Lipinski definition) is 4. The van der Waals surface area contributed by atoms with Gasteiger partial charge in [-0.15, -0.1) is 0 Å². The number of ether oxygens (including phenoxy) is 1. The van der Waals surface area contributed by atoms with Crippen LogP contribution in [0.1, 0.15) is 16.1 Å². The molecule has 0 amide bonds. The highest BCUT2D eigenvalue weighted by atomic mass is 19.1. The fourth-order valence-electron chi connectivity index (χ4n) is 1.06. The van der Waals surface area contributed by atoms with Crippen molar-refractivity contribution in [1.29, 1.82) is 0 Å². The van der Waals surface area contributed by atoms with Crippen molar-refractivity contribution < 1.29 is 13.9 Å². The molecule has 0 aliphatic carbocycles. The van der Waals surface area contributed by atoms with E-state index in [2.05, 4.69) is 9.72 Å². The summed E-state index contributed by atoms with van der Waals surface area (Å²) in [6.45, 7) is 0.358. The second kappa shape index (κ2) is 4.66. The number of rotatable bonds is 3. The van der Waals surface area contributed by atoms with Gasteiger partial charge in [0.2, 0.25) is 5.95 Å². The van der Waals surface area contributed by atoms with Crippen molar-refractivity contribution in [2.24, 2.45) is 5.73 Å². The van der Waals surface area contributed by atoms with Crippen molar-refractivity contribution in [3.05, 3.63) is 29.3 Å². The molecule has 76 valence electrons. The number of nitrogens with two attached hydrogens (primary N) is 1. The number of halogens is 1. The maximum atomic E-state index is 12.9. The Balaban J connectivity index is 3.00. The first-order valence-electron chi connectivity index (χ1n) is 4.12. The van der Waals surface area contributed by atoms with Gasteiger partial charge in [-0.05, 0) is 12.6 Å². The minimum atomic E-state index is -0.698. The lowest BCUT2D eigenvalue weighted by atomic mass is 10.2. The molecule has 0 bridgehead atoms.